The van der Waals surface area contributed by atoms with Crippen molar-refractivity contribution in [1.29, 1.82) is 0 Å². The zero-order valence-corrected chi connectivity index (χ0v) is 11.7. The number of piperazine rings is 1. The van der Waals surface area contributed by atoms with Gasteiger partial charge in [0.15, 0.2) is 0 Å². The second-order valence-corrected chi connectivity index (χ2v) is 6.30. The standard InChI is InChI=1S/C11H19N5O2S/c1-2-15-5-7-16(8-6-15)19(17,18)10-3-4-13-11(9-10)14-12/h3-4,9H,2,5-8,12H2,1H3,(H,13,14). The molecule has 2 heterocycles. The van der Waals surface area contributed by atoms with E-state index in [1.165, 1.54) is 22.6 Å². The molecule has 0 bridgehead atoms. The van der Waals surface area contributed by atoms with Crippen LogP contribution in [0.5, 0.6) is 0 Å². The molecule has 1 aliphatic rings. The second kappa shape index (κ2) is 5.83. The Morgan fingerprint density at radius 3 is 2.63 bits per heavy atom. The highest BCUT2D eigenvalue weighted by Crippen LogP contribution is 2.19. The number of aromatic nitrogens is 1. The Labute approximate surface area is 113 Å². The topological polar surface area (TPSA) is 91.6 Å². The third kappa shape index (κ3) is 3.03. The summed E-state index contributed by atoms with van der Waals surface area (Å²) < 4.78 is 26.4. The summed E-state index contributed by atoms with van der Waals surface area (Å²) >= 11 is 0. The van der Waals surface area contributed by atoms with E-state index in [1.54, 1.807) is 0 Å². The van der Waals surface area contributed by atoms with Gasteiger partial charge in [0, 0.05) is 38.4 Å². The van der Waals surface area contributed by atoms with Crippen LogP contribution in [-0.4, -0.2) is 55.3 Å². The molecule has 1 fully saturated rings. The fourth-order valence-electron chi connectivity index (χ4n) is 2.09. The second-order valence-electron chi connectivity index (χ2n) is 4.36. The predicted octanol–water partition coefficient (Wildman–Crippen LogP) is -0.307. The van der Waals surface area contributed by atoms with E-state index >= 15 is 0 Å². The molecule has 1 saturated heterocycles. The van der Waals surface area contributed by atoms with Crippen LogP contribution in [0.2, 0.25) is 0 Å². The number of nitrogen functional groups attached to an aromatic ring is 1. The number of nitrogens with zero attached hydrogens (tertiary/aromatic N) is 3. The Bertz CT molecular complexity index is 526. The molecule has 8 heteroatoms. The van der Waals surface area contributed by atoms with Crippen molar-refractivity contribution in [1.82, 2.24) is 14.2 Å². The molecule has 0 aromatic carbocycles. The van der Waals surface area contributed by atoms with E-state index in [9.17, 15) is 8.42 Å². The van der Waals surface area contributed by atoms with Gasteiger partial charge in [-0.05, 0) is 12.6 Å². The first kappa shape index (κ1) is 14.2. The number of rotatable bonds is 4. The van der Waals surface area contributed by atoms with Gasteiger partial charge in [0.1, 0.15) is 5.82 Å². The number of sulfonamides is 1. The fourth-order valence-corrected chi connectivity index (χ4v) is 3.52. The zero-order valence-electron chi connectivity index (χ0n) is 10.9. The van der Waals surface area contributed by atoms with Crippen LogP contribution in [0.1, 0.15) is 6.92 Å². The summed E-state index contributed by atoms with van der Waals surface area (Å²) in [7, 11) is -3.46. The first-order valence-corrected chi connectivity index (χ1v) is 7.67. The highest BCUT2D eigenvalue weighted by Gasteiger charge is 2.28. The maximum Gasteiger partial charge on any atom is 0.243 e. The normalized spacial score (nSPS) is 18.4. The molecule has 0 aliphatic carbocycles. The monoisotopic (exact) mass is 285 g/mol. The third-order valence-electron chi connectivity index (χ3n) is 3.30. The van der Waals surface area contributed by atoms with Gasteiger partial charge in [-0.1, -0.05) is 6.92 Å². The van der Waals surface area contributed by atoms with E-state index in [1.807, 2.05) is 0 Å². The number of pyridine rings is 1. The largest absolute Gasteiger partial charge is 0.308 e. The SMILES string of the molecule is CCN1CCN(S(=O)(=O)c2ccnc(NN)c2)CC1. The molecule has 0 saturated carbocycles. The number of likely N-dealkylation sites (N-methyl/N-ethyl adjacent to an activating group) is 1. The molecule has 0 atom stereocenters. The molecule has 0 unspecified atom stereocenters. The quantitative estimate of drug-likeness (QED) is 0.582. The number of anilines is 1. The molecule has 0 radical (unpaired) electrons. The van der Waals surface area contributed by atoms with Crippen LogP contribution in [-0.2, 0) is 10.0 Å². The summed E-state index contributed by atoms with van der Waals surface area (Å²) in [6, 6.07) is 2.93. The first-order chi connectivity index (χ1) is 9.07. The van der Waals surface area contributed by atoms with Crippen LogP contribution in [0.4, 0.5) is 5.82 Å². The average Bonchev–Trinajstić information content (AvgIpc) is 2.47. The Kier molecular flexibility index (Phi) is 4.35. The molecule has 7 nitrogen and oxygen atoms in total. The average molecular weight is 285 g/mol. The van der Waals surface area contributed by atoms with E-state index in [4.69, 9.17) is 5.84 Å². The maximum atomic E-state index is 12.5. The summed E-state index contributed by atoms with van der Waals surface area (Å²) in [5.74, 6) is 5.59. The van der Waals surface area contributed by atoms with Crippen LogP contribution < -0.4 is 11.3 Å². The van der Waals surface area contributed by atoms with E-state index < -0.39 is 10.0 Å². The number of nitrogens with two attached hydrogens (primary N) is 1. The predicted molar refractivity (Wildman–Crippen MR) is 72.9 cm³/mol. The minimum atomic E-state index is -3.46. The molecule has 3 N–H and O–H groups in total. The van der Waals surface area contributed by atoms with Gasteiger partial charge in [-0.2, -0.15) is 4.31 Å². The maximum absolute atomic E-state index is 12.5. The van der Waals surface area contributed by atoms with Gasteiger partial charge < -0.3 is 10.3 Å². The van der Waals surface area contributed by atoms with Crippen LogP contribution in [0.15, 0.2) is 23.2 Å². The molecular weight excluding hydrogens is 266 g/mol. The lowest BCUT2D eigenvalue weighted by molar-refractivity contribution is 0.196. The Balaban J connectivity index is 2.18. The highest BCUT2D eigenvalue weighted by atomic mass is 32.2. The molecule has 0 amide bonds. The molecule has 0 spiro atoms. The summed E-state index contributed by atoms with van der Waals surface area (Å²) in [5.41, 5.74) is 2.36. The molecule has 106 valence electrons. The lowest BCUT2D eigenvalue weighted by atomic mass is 10.4. The van der Waals surface area contributed by atoms with Gasteiger partial charge in [-0.15, -0.1) is 0 Å². The summed E-state index contributed by atoms with van der Waals surface area (Å²) in [5, 5.41) is 0. The van der Waals surface area contributed by atoms with Crippen molar-refractivity contribution in [3.05, 3.63) is 18.3 Å². The van der Waals surface area contributed by atoms with Crippen molar-refractivity contribution >= 4 is 15.8 Å². The van der Waals surface area contributed by atoms with Crippen molar-refractivity contribution in [3.63, 3.8) is 0 Å². The van der Waals surface area contributed by atoms with E-state index in [0.29, 0.717) is 18.9 Å². The molecular formula is C11H19N5O2S. The zero-order chi connectivity index (χ0) is 13.9. The van der Waals surface area contributed by atoms with Gasteiger partial charge >= 0.3 is 0 Å². The van der Waals surface area contributed by atoms with E-state index in [-0.39, 0.29) is 4.90 Å². The van der Waals surface area contributed by atoms with Crippen molar-refractivity contribution in [3.8, 4) is 0 Å². The van der Waals surface area contributed by atoms with Crippen molar-refractivity contribution in [2.24, 2.45) is 5.84 Å². The summed E-state index contributed by atoms with van der Waals surface area (Å²) in [4.78, 5) is 6.36. The number of hydrogen-bond donors (Lipinski definition) is 2. The lowest BCUT2D eigenvalue weighted by Gasteiger charge is -2.33. The van der Waals surface area contributed by atoms with Crippen molar-refractivity contribution in [2.45, 2.75) is 11.8 Å². The molecule has 1 aromatic rings. The van der Waals surface area contributed by atoms with Crippen LogP contribution >= 0.6 is 0 Å². The van der Waals surface area contributed by atoms with E-state index in [2.05, 4.69) is 22.2 Å². The molecule has 2 rings (SSSR count). The van der Waals surface area contributed by atoms with Crippen LogP contribution in [0.25, 0.3) is 0 Å². The number of nitrogens with one attached hydrogen (secondary N) is 1. The minimum absolute atomic E-state index is 0.223. The van der Waals surface area contributed by atoms with E-state index in [0.717, 1.165) is 19.6 Å². The van der Waals surface area contributed by atoms with Crippen molar-refractivity contribution in [2.75, 3.05) is 38.1 Å². The van der Waals surface area contributed by atoms with Gasteiger partial charge in [-0.25, -0.2) is 19.2 Å². The van der Waals surface area contributed by atoms with Crippen LogP contribution in [0.3, 0.4) is 0 Å². The van der Waals surface area contributed by atoms with Gasteiger partial charge in [-0.3, -0.25) is 0 Å². The Morgan fingerprint density at radius 2 is 2.05 bits per heavy atom. The Morgan fingerprint density at radius 1 is 1.37 bits per heavy atom. The number of hydrogen-bond acceptors (Lipinski definition) is 6. The summed E-state index contributed by atoms with van der Waals surface area (Å²) in [6.45, 7) is 5.59. The number of hydrazine groups is 1. The first-order valence-electron chi connectivity index (χ1n) is 6.23. The molecule has 1 aromatic heterocycles. The van der Waals surface area contributed by atoms with Gasteiger partial charge in [0.2, 0.25) is 10.0 Å². The minimum Gasteiger partial charge on any atom is -0.308 e. The van der Waals surface area contributed by atoms with Gasteiger partial charge in [0.05, 0.1) is 4.90 Å². The molecule has 1 aliphatic heterocycles. The third-order valence-corrected chi connectivity index (χ3v) is 5.19. The van der Waals surface area contributed by atoms with Gasteiger partial charge in [0.25, 0.3) is 0 Å². The molecule has 19 heavy (non-hydrogen) atoms. The summed E-state index contributed by atoms with van der Waals surface area (Å²) in [6.07, 6.45) is 1.43. The van der Waals surface area contributed by atoms with Crippen molar-refractivity contribution < 1.29 is 8.42 Å². The Hall–Kier alpha value is -1.22. The fraction of sp³-hybridized carbons (Fsp3) is 0.545. The lowest BCUT2D eigenvalue weighted by Crippen LogP contribution is -2.48. The van der Waals surface area contributed by atoms with Crippen LogP contribution in [0, 0.1) is 0 Å². The highest BCUT2D eigenvalue weighted by molar-refractivity contribution is 7.89. The smallest absolute Gasteiger partial charge is 0.243 e.